The second kappa shape index (κ2) is 8.11. The molecule has 2 aromatic carbocycles. The van der Waals surface area contributed by atoms with Crippen molar-refractivity contribution >= 4 is 11.8 Å². The SMILES string of the molecule is COc1cc(CO)cc(CSC)c1OCc1ccc(C)cc1. The normalized spacial score (nSPS) is 10.5. The van der Waals surface area contributed by atoms with Crippen LogP contribution >= 0.6 is 11.8 Å². The average molecular weight is 318 g/mol. The van der Waals surface area contributed by atoms with Crippen molar-refractivity contribution in [2.45, 2.75) is 25.9 Å². The highest BCUT2D eigenvalue weighted by Gasteiger charge is 2.13. The second-order valence-corrected chi connectivity index (χ2v) is 6.02. The van der Waals surface area contributed by atoms with E-state index in [0.717, 1.165) is 28.2 Å². The number of aryl methyl sites for hydroxylation is 1. The van der Waals surface area contributed by atoms with E-state index >= 15 is 0 Å². The van der Waals surface area contributed by atoms with E-state index in [1.165, 1.54) is 5.56 Å². The Hall–Kier alpha value is -1.65. The van der Waals surface area contributed by atoms with Gasteiger partial charge >= 0.3 is 0 Å². The standard InChI is InChI=1S/C18H22O3S/c1-13-4-6-14(7-5-13)11-21-18-16(12-22-3)8-15(10-19)9-17(18)20-2/h4-9,19H,10-12H2,1-3H3. The molecule has 0 radical (unpaired) electrons. The first-order valence-electron chi connectivity index (χ1n) is 7.16. The molecule has 2 rings (SSSR count). The van der Waals surface area contributed by atoms with Gasteiger partial charge in [0.2, 0.25) is 0 Å². The summed E-state index contributed by atoms with van der Waals surface area (Å²) in [6.07, 6.45) is 2.04. The number of thioether (sulfide) groups is 1. The van der Waals surface area contributed by atoms with E-state index in [2.05, 4.69) is 31.2 Å². The minimum absolute atomic E-state index is 0.00399. The lowest BCUT2D eigenvalue weighted by atomic mass is 10.1. The first-order valence-corrected chi connectivity index (χ1v) is 8.55. The van der Waals surface area contributed by atoms with Crippen molar-refractivity contribution in [2.75, 3.05) is 13.4 Å². The number of benzene rings is 2. The van der Waals surface area contributed by atoms with Crippen molar-refractivity contribution in [3.8, 4) is 11.5 Å². The minimum atomic E-state index is -0.00399. The lowest BCUT2D eigenvalue weighted by Gasteiger charge is -2.16. The van der Waals surface area contributed by atoms with Gasteiger partial charge in [-0.05, 0) is 36.4 Å². The van der Waals surface area contributed by atoms with E-state index in [1.54, 1.807) is 18.9 Å². The predicted octanol–water partition coefficient (Wildman–Crippen LogP) is 3.94. The molecule has 0 bridgehead atoms. The van der Waals surface area contributed by atoms with Gasteiger partial charge in [-0.25, -0.2) is 0 Å². The molecular weight excluding hydrogens is 296 g/mol. The molecule has 0 spiro atoms. The van der Waals surface area contributed by atoms with Crippen molar-refractivity contribution in [2.24, 2.45) is 0 Å². The largest absolute Gasteiger partial charge is 0.493 e. The Morgan fingerprint density at radius 1 is 1.09 bits per heavy atom. The van der Waals surface area contributed by atoms with E-state index in [0.29, 0.717) is 12.4 Å². The molecule has 1 N–H and O–H groups in total. The van der Waals surface area contributed by atoms with Crippen LogP contribution in [0.1, 0.15) is 22.3 Å². The molecule has 0 aromatic heterocycles. The third-order valence-electron chi connectivity index (χ3n) is 3.40. The molecule has 0 aliphatic carbocycles. The third-order valence-corrected chi connectivity index (χ3v) is 4.00. The molecule has 0 fully saturated rings. The molecule has 0 amide bonds. The summed E-state index contributed by atoms with van der Waals surface area (Å²) in [5.74, 6) is 2.24. The van der Waals surface area contributed by atoms with Crippen LogP contribution in [0.4, 0.5) is 0 Å². The Balaban J connectivity index is 2.25. The van der Waals surface area contributed by atoms with E-state index in [-0.39, 0.29) is 6.61 Å². The summed E-state index contributed by atoms with van der Waals surface area (Å²) in [7, 11) is 1.62. The van der Waals surface area contributed by atoms with Crippen molar-refractivity contribution in [1.29, 1.82) is 0 Å². The van der Waals surface area contributed by atoms with E-state index in [9.17, 15) is 5.11 Å². The number of hydrogen-bond donors (Lipinski definition) is 1. The van der Waals surface area contributed by atoms with Crippen LogP contribution in [0.3, 0.4) is 0 Å². The molecule has 0 atom stereocenters. The summed E-state index contributed by atoms with van der Waals surface area (Å²) in [5.41, 5.74) is 4.23. The van der Waals surface area contributed by atoms with Crippen molar-refractivity contribution in [3.05, 3.63) is 58.7 Å². The molecule has 0 saturated heterocycles. The van der Waals surface area contributed by atoms with Crippen LogP contribution in [0.25, 0.3) is 0 Å². The Morgan fingerprint density at radius 2 is 1.82 bits per heavy atom. The summed E-state index contributed by atoms with van der Waals surface area (Å²) in [6.45, 7) is 2.56. The first-order chi connectivity index (χ1) is 10.7. The lowest BCUT2D eigenvalue weighted by molar-refractivity contribution is 0.273. The van der Waals surface area contributed by atoms with Gasteiger partial charge in [-0.15, -0.1) is 0 Å². The minimum Gasteiger partial charge on any atom is -0.493 e. The van der Waals surface area contributed by atoms with E-state index in [4.69, 9.17) is 9.47 Å². The van der Waals surface area contributed by atoms with E-state index in [1.807, 2.05) is 18.4 Å². The van der Waals surface area contributed by atoms with Gasteiger partial charge in [0.15, 0.2) is 11.5 Å². The molecule has 0 unspecified atom stereocenters. The Bertz CT molecular complexity index is 608. The van der Waals surface area contributed by atoms with Gasteiger partial charge in [-0.3, -0.25) is 0 Å². The maximum atomic E-state index is 9.37. The van der Waals surface area contributed by atoms with Gasteiger partial charge in [0.1, 0.15) is 6.61 Å². The number of aliphatic hydroxyl groups excluding tert-OH is 1. The van der Waals surface area contributed by atoms with Crippen LogP contribution in [-0.2, 0) is 19.0 Å². The fourth-order valence-corrected chi connectivity index (χ4v) is 2.76. The smallest absolute Gasteiger partial charge is 0.165 e. The van der Waals surface area contributed by atoms with Gasteiger partial charge in [-0.1, -0.05) is 29.8 Å². The van der Waals surface area contributed by atoms with Gasteiger partial charge in [-0.2, -0.15) is 11.8 Å². The summed E-state index contributed by atoms with van der Waals surface area (Å²) in [4.78, 5) is 0. The number of ether oxygens (including phenoxy) is 2. The van der Waals surface area contributed by atoms with Crippen LogP contribution in [-0.4, -0.2) is 18.5 Å². The topological polar surface area (TPSA) is 38.7 Å². The molecule has 4 heteroatoms. The van der Waals surface area contributed by atoms with Gasteiger partial charge in [0.05, 0.1) is 13.7 Å². The molecule has 0 heterocycles. The van der Waals surface area contributed by atoms with Crippen LogP contribution < -0.4 is 9.47 Å². The van der Waals surface area contributed by atoms with Crippen LogP contribution in [0.5, 0.6) is 11.5 Å². The van der Waals surface area contributed by atoms with Gasteiger partial charge < -0.3 is 14.6 Å². The number of methoxy groups -OCH3 is 1. The van der Waals surface area contributed by atoms with Gasteiger partial charge in [0.25, 0.3) is 0 Å². The van der Waals surface area contributed by atoms with Gasteiger partial charge in [0, 0.05) is 11.3 Å². The van der Waals surface area contributed by atoms with Crippen molar-refractivity contribution in [3.63, 3.8) is 0 Å². The van der Waals surface area contributed by atoms with Crippen LogP contribution in [0.15, 0.2) is 36.4 Å². The van der Waals surface area contributed by atoms with Crippen molar-refractivity contribution < 1.29 is 14.6 Å². The molecule has 0 aliphatic rings. The maximum absolute atomic E-state index is 9.37. The molecule has 22 heavy (non-hydrogen) atoms. The number of rotatable bonds is 7. The molecule has 0 saturated carbocycles. The highest BCUT2D eigenvalue weighted by Crippen LogP contribution is 2.35. The first kappa shape index (κ1) is 16.7. The summed E-state index contributed by atoms with van der Waals surface area (Å²) in [6, 6.07) is 12.1. The Kier molecular flexibility index (Phi) is 6.16. The quantitative estimate of drug-likeness (QED) is 0.839. The highest BCUT2D eigenvalue weighted by atomic mass is 32.2. The van der Waals surface area contributed by atoms with E-state index < -0.39 is 0 Å². The summed E-state index contributed by atoms with van der Waals surface area (Å²) >= 11 is 1.71. The number of aliphatic hydroxyl groups is 1. The predicted molar refractivity (Wildman–Crippen MR) is 91.6 cm³/mol. The molecule has 2 aromatic rings. The summed E-state index contributed by atoms with van der Waals surface area (Å²) < 4.78 is 11.5. The number of hydrogen-bond acceptors (Lipinski definition) is 4. The fourth-order valence-electron chi connectivity index (χ4n) is 2.23. The molecule has 118 valence electrons. The average Bonchev–Trinajstić information content (AvgIpc) is 2.54. The van der Waals surface area contributed by atoms with Crippen LogP contribution in [0.2, 0.25) is 0 Å². The van der Waals surface area contributed by atoms with Crippen molar-refractivity contribution in [1.82, 2.24) is 0 Å². The zero-order valence-electron chi connectivity index (χ0n) is 13.3. The monoisotopic (exact) mass is 318 g/mol. The zero-order chi connectivity index (χ0) is 15.9. The van der Waals surface area contributed by atoms with Crippen LogP contribution in [0, 0.1) is 6.92 Å². The second-order valence-electron chi connectivity index (χ2n) is 5.15. The molecule has 0 aliphatic heterocycles. The highest BCUT2D eigenvalue weighted by molar-refractivity contribution is 7.97. The lowest BCUT2D eigenvalue weighted by Crippen LogP contribution is -2.02. The summed E-state index contributed by atoms with van der Waals surface area (Å²) in [5, 5.41) is 9.37. The Labute approximate surface area is 136 Å². The maximum Gasteiger partial charge on any atom is 0.165 e. The Morgan fingerprint density at radius 3 is 2.41 bits per heavy atom. The zero-order valence-corrected chi connectivity index (χ0v) is 14.1. The fraction of sp³-hybridized carbons (Fsp3) is 0.333. The molecular formula is C18H22O3S. The molecule has 3 nitrogen and oxygen atoms in total. The third kappa shape index (κ3) is 4.18.